The van der Waals surface area contributed by atoms with Gasteiger partial charge in [0.1, 0.15) is 0 Å². The van der Waals surface area contributed by atoms with E-state index in [0.717, 1.165) is 78.6 Å². The summed E-state index contributed by atoms with van der Waals surface area (Å²) in [6, 6.07) is 180. The van der Waals surface area contributed by atoms with Crippen LogP contribution in [0.1, 0.15) is 44.5 Å². The molecule has 562 valence electrons. The molecule has 2 aliphatic rings. The molecule has 20 aromatic carbocycles. The van der Waals surface area contributed by atoms with Gasteiger partial charge in [-0.3, -0.25) is 0 Å². The van der Waals surface area contributed by atoms with Crippen molar-refractivity contribution in [1.29, 1.82) is 0 Å². The number of para-hydroxylation sites is 2. The zero-order valence-corrected chi connectivity index (χ0v) is 66.1. The Bertz CT molecular complexity index is 7180. The summed E-state index contributed by atoms with van der Waals surface area (Å²) in [6.45, 7) is 0. The van der Waals surface area contributed by atoms with Crippen LogP contribution in [0.4, 0.5) is 34.1 Å². The molecule has 0 fully saturated rings. The molecule has 22 rings (SSSR count). The Morgan fingerprint density at radius 1 is 0.142 bits per heavy atom. The maximum Gasteiger partial charge on any atom is 0.0714 e. The van der Waals surface area contributed by atoms with Gasteiger partial charge in [-0.2, -0.15) is 0 Å². The van der Waals surface area contributed by atoms with Gasteiger partial charge in [-0.25, -0.2) is 0 Å². The van der Waals surface area contributed by atoms with Crippen LogP contribution in [0.3, 0.4) is 0 Å². The molecular formula is C118H80N2. The van der Waals surface area contributed by atoms with Crippen molar-refractivity contribution < 1.29 is 0 Å². The largest absolute Gasteiger partial charge is 0.310 e. The molecule has 2 nitrogen and oxygen atoms in total. The SMILES string of the molecule is c1ccc(N(c2ccc(-c3cccc4c3-c3ccccc3C4(c3ccccc3)c3cccc(-c4cc(-c5ccc(-c6cccc7ccccc67)cc5)cc(N(c5ccccc5)c5ccc(-c6cccc7c6-c6ccccc6C7(c6ccccc6)c6ccccc6)cc5)c4)c3)cc2)c2cccc(-c3ccc(-c4ccc5ccccc5c4)cc3)c2)cc1. The molecular weight excluding hydrogens is 1450 g/mol. The topological polar surface area (TPSA) is 6.48 Å². The van der Waals surface area contributed by atoms with Crippen molar-refractivity contribution in [2.45, 2.75) is 10.8 Å². The molecule has 0 amide bonds. The lowest BCUT2D eigenvalue weighted by molar-refractivity contribution is 0.768. The van der Waals surface area contributed by atoms with E-state index in [1.807, 2.05) is 0 Å². The summed E-state index contributed by atoms with van der Waals surface area (Å²) < 4.78 is 0. The second kappa shape index (κ2) is 30.0. The first-order chi connectivity index (χ1) is 59.5. The molecule has 2 aliphatic carbocycles. The minimum atomic E-state index is -0.716. The summed E-state index contributed by atoms with van der Waals surface area (Å²) in [6.07, 6.45) is 0. The second-order valence-corrected chi connectivity index (χ2v) is 31.7. The van der Waals surface area contributed by atoms with Gasteiger partial charge in [-0.1, -0.05) is 394 Å². The molecule has 2 heteroatoms. The normalized spacial score (nSPS) is 13.4. The van der Waals surface area contributed by atoms with Gasteiger partial charge in [-0.05, 0) is 257 Å². The first-order valence-electron chi connectivity index (χ1n) is 41.6. The van der Waals surface area contributed by atoms with Gasteiger partial charge in [0.15, 0.2) is 0 Å². The third-order valence-corrected chi connectivity index (χ3v) is 25.2. The Balaban J connectivity index is 0.659. The monoisotopic (exact) mass is 1520 g/mol. The predicted molar refractivity (Wildman–Crippen MR) is 503 cm³/mol. The highest BCUT2D eigenvalue weighted by Crippen LogP contribution is 2.61. The summed E-state index contributed by atoms with van der Waals surface area (Å²) in [5.41, 5.74) is 36.4. The highest BCUT2D eigenvalue weighted by Gasteiger charge is 2.49. The van der Waals surface area contributed by atoms with Crippen LogP contribution < -0.4 is 9.80 Å². The average Bonchev–Trinajstić information content (AvgIpc) is 1.53. The van der Waals surface area contributed by atoms with Gasteiger partial charge in [0.05, 0.1) is 10.8 Å². The standard InChI is InChI=1S/C118H80N2/c1-6-35-95(36-7-1)117(96-37-8-2-9-38-96)111-53-22-20-48-109(111)115-107(51-27-55-113(115)117)88-69-73-102(74-70-88)120(100-44-14-5-15-45-100)104-79-93(84-61-64-86(65-62-84)106-50-26-32-85-30-18-19-47-105(85)106)76-94(80-104)90-33-24-41-98(77-90)118(97-39-10-3-11-40-97)112-54-23-21-49-110(112)116-108(52-28-56-114(116)118)87-67-71-101(72-68-87)119(99-42-12-4-13-43-99)103-46-25-34-91(78-103)82-57-59-83(60-58-82)92-66-63-81-29-16-17-31-89(81)75-92/h1-80H. The van der Waals surface area contributed by atoms with Crippen molar-refractivity contribution in [3.05, 3.63) is 530 Å². The van der Waals surface area contributed by atoms with E-state index in [9.17, 15) is 0 Å². The summed E-state index contributed by atoms with van der Waals surface area (Å²) in [7, 11) is 0. The van der Waals surface area contributed by atoms with Crippen molar-refractivity contribution in [2.75, 3.05) is 9.80 Å². The van der Waals surface area contributed by atoms with Crippen LogP contribution in [0.5, 0.6) is 0 Å². The average molecular weight is 1530 g/mol. The Hall–Kier alpha value is -15.5. The molecule has 0 bridgehead atoms. The fourth-order valence-corrected chi connectivity index (χ4v) is 19.8. The van der Waals surface area contributed by atoms with E-state index in [1.54, 1.807) is 0 Å². The van der Waals surface area contributed by atoms with E-state index >= 15 is 0 Å². The van der Waals surface area contributed by atoms with E-state index < -0.39 is 10.8 Å². The maximum atomic E-state index is 2.49. The molecule has 0 N–H and O–H groups in total. The lowest BCUT2D eigenvalue weighted by atomic mass is 9.67. The quantitative estimate of drug-likeness (QED) is 0.0896. The summed E-state index contributed by atoms with van der Waals surface area (Å²) in [5.74, 6) is 0. The third-order valence-electron chi connectivity index (χ3n) is 25.2. The minimum Gasteiger partial charge on any atom is -0.310 e. The smallest absolute Gasteiger partial charge is 0.0714 e. The van der Waals surface area contributed by atoms with E-state index in [4.69, 9.17) is 0 Å². The molecule has 120 heavy (non-hydrogen) atoms. The molecule has 0 saturated carbocycles. The van der Waals surface area contributed by atoms with Crippen LogP contribution in [0, 0.1) is 0 Å². The second-order valence-electron chi connectivity index (χ2n) is 31.7. The van der Waals surface area contributed by atoms with E-state index in [1.165, 1.54) is 122 Å². The van der Waals surface area contributed by atoms with Crippen LogP contribution in [-0.2, 0) is 10.8 Å². The Labute approximate surface area is 701 Å². The van der Waals surface area contributed by atoms with E-state index in [2.05, 4.69) is 495 Å². The number of hydrogen-bond acceptors (Lipinski definition) is 2. The fourth-order valence-electron chi connectivity index (χ4n) is 19.8. The fraction of sp³-hybridized carbons (Fsp3) is 0.0169. The Morgan fingerprint density at radius 3 is 1.01 bits per heavy atom. The number of anilines is 6. The highest BCUT2D eigenvalue weighted by atomic mass is 15.1. The summed E-state index contributed by atoms with van der Waals surface area (Å²) in [4.78, 5) is 4.82. The molecule has 0 saturated heterocycles. The van der Waals surface area contributed by atoms with Crippen molar-refractivity contribution in [2.24, 2.45) is 0 Å². The predicted octanol–water partition coefficient (Wildman–Crippen LogP) is 31.3. The summed E-state index contributed by atoms with van der Waals surface area (Å²) >= 11 is 0. The van der Waals surface area contributed by atoms with E-state index in [-0.39, 0.29) is 0 Å². The minimum absolute atomic E-state index is 0.515. The zero-order chi connectivity index (χ0) is 79.5. The van der Waals surface area contributed by atoms with Crippen LogP contribution >= 0.6 is 0 Å². The van der Waals surface area contributed by atoms with Gasteiger partial charge < -0.3 is 9.80 Å². The molecule has 0 aliphatic heterocycles. The van der Waals surface area contributed by atoms with Crippen LogP contribution in [0.25, 0.3) is 122 Å². The lowest BCUT2D eigenvalue weighted by Gasteiger charge is -2.34. The molecule has 0 radical (unpaired) electrons. The number of benzene rings is 20. The van der Waals surface area contributed by atoms with E-state index in [0.29, 0.717) is 0 Å². The van der Waals surface area contributed by atoms with Crippen molar-refractivity contribution in [3.8, 4) is 100 Å². The zero-order valence-electron chi connectivity index (χ0n) is 66.1. The van der Waals surface area contributed by atoms with Gasteiger partial charge >= 0.3 is 0 Å². The van der Waals surface area contributed by atoms with Gasteiger partial charge in [-0.15, -0.1) is 0 Å². The number of fused-ring (bicyclic) bond motifs is 8. The molecule has 1 unspecified atom stereocenters. The van der Waals surface area contributed by atoms with Crippen LogP contribution in [-0.4, -0.2) is 0 Å². The maximum absolute atomic E-state index is 2.49. The number of hydrogen-bond donors (Lipinski definition) is 0. The Kier molecular flexibility index (Phi) is 17.8. The van der Waals surface area contributed by atoms with Crippen molar-refractivity contribution in [3.63, 3.8) is 0 Å². The lowest BCUT2D eigenvalue weighted by Crippen LogP contribution is -2.28. The first kappa shape index (κ1) is 71.1. The molecule has 0 heterocycles. The third kappa shape index (κ3) is 12.1. The highest BCUT2D eigenvalue weighted by molar-refractivity contribution is 6.01. The molecule has 20 aromatic rings. The molecule has 1 atom stereocenters. The first-order valence-corrected chi connectivity index (χ1v) is 41.6. The van der Waals surface area contributed by atoms with Gasteiger partial charge in [0.25, 0.3) is 0 Å². The van der Waals surface area contributed by atoms with Crippen molar-refractivity contribution in [1.82, 2.24) is 0 Å². The number of rotatable bonds is 17. The number of nitrogens with zero attached hydrogens (tertiary/aromatic N) is 2. The van der Waals surface area contributed by atoms with Gasteiger partial charge in [0.2, 0.25) is 0 Å². The van der Waals surface area contributed by atoms with Crippen molar-refractivity contribution >= 4 is 55.7 Å². The summed E-state index contributed by atoms with van der Waals surface area (Å²) in [5, 5.41) is 4.96. The van der Waals surface area contributed by atoms with Crippen LogP contribution in [0.15, 0.2) is 485 Å². The molecule has 0 aromatic heterocycles. The Morgan fingerprint density at radius 2 is 0.458 bits per heavy atom. The van der Waals surface area contributed by atoms with Crippen LogP contribution in [0.2, 0.25) is 0 Å². The van der Waals surface area contributed by atoms with Gasteiger partial charge in [0, 0.05) is 34.1 Å². The molecule has 0 spiro atoms.